The highest BCUT2D eigenvalue weighted by molar-refractivity contribution is 5.29. The summed E-state index contributed by atoms with van der Waals surface area (Å²) in [6.07, 6.45) is -6.05. The summed E-state index contributed by atoms with van der Waals surface area (Å²) in [6.45, 7) is -0.815. The van der Waals surface area contributed by atoms with Crippen LogP contribution < -0.4 is 10.1 Å². The topological polar surface area (TPSA) is 61.7 Å². The van der Waals surface area contributed by atoms with Crippen LogP contribution in [0.2, 0.25) is 0 Å². The van der Waals surface area contributed by atoms with Gasteiger partial charge in [0, 0.05) is 0 Å². The van der Waals surface area contributed by atoms with E-state index in [1.54, 1.807) is 7.05 Å². The predicted molar refractivity (Wildman–Crippen MR) is 67.5 cm³/mol. The summed E-state index contributed by atoms with van der Waals surface area (Å²) in [4.78, 5) is 0. The van der Waals surface area contributed by atoms with Gasteiger partial charge in [0.15, 0.2) is 6.61 Å². The number of rotatable bonds is 7. The molecular weight excluding hydrogens is 275 g/mol. The van der Waals surface area contributed by atoms with Crippen LogP contribution in [0, 0.1) is 0 Å². The van der Waals surface area contributed by atoms with Crippen molar-refractivity contribution < 1.29 is 28.1 Å². The van der Waals surface area contributed by atoms with Crippen LogP contribution in [0.1, 0.15) is 18.1 Å². The third-order valence-electron chi connectivity index (χ3n) is 2.68. The number of halogens is 3. The molecule has 2 unspecified atom stereocenters. The summed E-state index contributed by atoms with van der Waals surface area (Å²) in [5.74, 6) is 0.0583. The molecule has 4 nitrogen and oxygen atoms in total. The van der Waals surface area contributed by atoms with Crippen LogP contribution in [-0.2, 0) is 0 Å². The quantitative estimate of drug-likeness (QED) is 0.715. The molecule has 1 aromatic rings. The lowest BCUT2D eigenvalue weighted by Gasteiger charge is -2.18. The number of ether oxygens (including phenoxy) is 1. The fourth-order valence-corrected chi connectivity index (χ4v) is 1.60. The largest absolute Gasteiger partial charge is 0.484 e. The first-order valence-corrected chi connectivity index (χ1v) is 6.13. The van der Waals surface area contributed by atoms with E-state index < -0.39 is 25.0 Å². The summed E-state index contributed by atoms with van der Waals surface area (Å²) in [7, 11) is 1.73. The molecule has 0 heterocycles. The van der Waals surface area contributed by atoms with Crippen molar-refractivity contribution >= 4 is 0 Å². The van der Waals surface area contributed by atoms with E-state index in [0.717, 1.165) is 0 Å². The van der Waals surface area contributed by atoms with E-state index >= 15 is 0 Å². The van der Waals surface area contributed by atoms with E-state index in [1.165, 1.54) is 24.3 Å². The molecule has 3 N–H and O–H groups in total. The zero-order chi connectivity index (χ0) is 15.2. The Morgan fingerprint density at radius 1 is 1.20 bits per heavy atom. The van der Waals surface area contributed by atoms with Gasteiger partial charge in [0.1, 0.15) is 11.9 Å². The Kier molecular flexibility index (Phi) is 6.25. The highest BCUT2D eigenvalue weighted by atomic mass is 19.4. The number of nitrogens with one attached hydrogen (secondary N) is 1. The first kappa shape index (κ1) is 16.7. The van der Waals surface area contributed by atoms with Crippen LogP contribution >= 0.6 is 0 Å². The molecule has 20 heavy (non-hydrogen) atoms. The van der Waals surface area contributed by atoms with E-state index in [-0.39, 0.29) is 5.75 Å². The SMILES string of the molecule is CNCCC(O)C(O)c1ccc(OCC(F)(F)F)cc1. The van der Waals surface area contributed by atoms with E-state index in [9.17, 15) is 23.4 Å². The summed E-state index contributed by atoms with van der Waals surface area (Å²) in [5, 5.41) is 22.4. The van der Waals surface area contributed by atoms with E-state index in [4.69, 9.17) is 0 Å². The lowest BCUT2D eigenvalue weighted by molar-refractivity contribution is -0.153. The summed E-state index contributed by atoms with van der Waals surface area (Å²) < 4.78 is 40.5. The highest BCUT2D eigenvalue weighted by Crippen LogP contribution is 2.23. The Hall–Kier alpha value is -1.31. The molecule has 1 aromatic carbocycles. The van der Waals surface area contributed by atoms with Crippen LogP contribution in [0.4, 0.5) is 13.2 Å². The van der Waals surface area contributed by atoms with Crippen LogP contribution in [0.3, 0.4) is 0 Å². The Morgan fingerprint density at radius 3 is 2.30 bits per heavy atom. The van der Waals surface area contributed by atoms with Gasteiger partial charge in [-0.15, -0.1) is 0 Å². The average Bonchev–Trinajstić information content (AvgIpc) is 2.41. The van der Waals surface area contributed by atoms with Crippen LogP contribution in [0.5, 0.6) is 5.75 Å². The van der Waals surface area contributed by atoms with Crippen molar-refractivity contribution in [3.8, 4) is 5.75 Å². The molecule has 0 saturated heterocycles. The minimum atomic E-state index is -4.39. The van der Waals surface area contributed by atoms with Gasteiger partial charge in [0.25, 0.3) is 0 Å². The van der Waals surface area contributed by atoms with Gasteiger partial charge in [-0.1, -0.05) is 12.1 Å². The zero-order valence-electron chi connectivity index (χ0n) is 11.0. The Balaban J connectivity index is 2.57. The van der Waals surface area contributed by atoms with Gasteiger partial charge >= 0.3 is 6.18 Å². The average molecular weight is 293 g/mol. The molecule has 0 amide bonds. The van der Waals surface area contributed by atoms with E-state index in [2.05, 4.69) is 10.1 Å². The summed E-state index contributed by atoms with van der Waals surface area (Å²) >= 11 is 0. The molecule has 0 radical (unpaired) electrons. The van der Waals surface area contributed by atoms with Gasteiger partial charge in [-0.05, 0) is 37.7 Å². The summed E-state index contributed by atoms with van der Waals surface area (Å²) in [5.41, 5.74) is 0.424. The van der Waals surface area contributed by atoms with Gasteiger partial charge in [0.2, 0.25) is 0 Å². The third-order valence-corrected chi connectivity index (χ3v) is 2.68. The number of benzene rings is 1. The van der Waals surface area contributed by atoms with Crippen molar-refractivity contribution in [3.05, 3.63) is 29.8 Å². The Morgan fingerprint density at radius 2 is 1.80 bits per heavy atom. The number of hydrogen-bond donors (Lipinski definition) is 3. The Labute approximate surface area is 115 Å². The number of alkyl halides is 3. The molecule has 2 atom stereocenters. The molecule has 0 aliphatic carbocycles. The van der Waals surface area contributed by atoms with Crippen LogP contribution in [0.15, 0.2) is 24.3 Å². The first-order valence-electron chi connectivity index (χ1n) is 6.13. The van der Waals surface area contributed by atoms with Crippen molar-refractivity contribution in [2.45, 2.75) is 24.8 Å². The normalized spacial score (nSPS) is 14.9. The lowest BCUT2D eigenvalue weighted by Crippen LogP contribution is -2.23. The van der Waals surface area contributed by atoms with Crippen LogP contribution in [0.25, 0.3) is 0 Å². The second kappa shape index (κ2) is 7.47. The fraction of sp³-hybridized carbons (Fsp3) is 0.538. The molecule has 114 valence electrons. The van der Waals surface area contributed by atoms with Crippen molar-refractivity contribution in [2.75, 3.05) is 20.2 Å². The molecular formula is C13H18F3NO3. The molecule has 0 spiro atoms. The molecule has 0 saturated carbocycles. The minimum Gasteiger partial charge on any atom is -0.484 e. The van der Waals surface area contributed by atoms with Gasteiger partial charge in [-0.25, -0.2) is 0 Å². The minimum absolute atomic E-state index is 0.0583. The smallest absolute Gasteiger partial charge is 0.422 e. The number of hydrogen-bond acceptors (Lipinski definition) is 4. The molecule has 7 heteroatoms. The standard InChI is InChI=1S/C13H18F3NO3/c1-17-7-6-11(18)12(19)9-2-4-10(5-3-9)20-8-13(14,15)16/h2-5,11-12,17-19H,6-8H2,1H3. The first-order chi connectivity index (χ1) is 9.33. The lowest BCUT2D eigenvalue weighted by atomic mass is 10.0. The van der Waals surface area contributed by atoms with Crippen molar-refractivity contribution in [3.63, 3.8) is 0 Å². The van der Waals surface area contributed by atoms with Gasteiger partial charge < -0.3 is 20.3 Å². The molecule has 0 aromatic heterocycles. The van der Waals surface area contributed by atoms with Gasteiger partial charge in [0.05, 0.1) is 6.10 Å². The molecule has 0 aliphatic rings. The van der Waals surface area contributed by atoms with Gasteiger partial charge in [-0.2, -0.15) is 13.2 Å². The second-order valence-corrected chi connectivity index (χ2v) is 4.38. The Bertz CT molecular complexity index is 395. The van der Waals surface area contributed by atoms with Crippen molar-refractivity contribution in [2.24, 2.45) is 0 Å². The third kappa shape index (κ3) is 5.77. The monoisotopic (exact) mass is 293 g/mol. The second-order valence-electron chi connectivity index (χ2n) is 4.38. The number of aliphatic hydroxyl groups excluding tert-OH is 2. The van der Waals surface area contributed by atoms with E-state index in [0.29, 0.717) is 18.5 Å². The maximum absolute atomic E-state index is 12.0. The molecule has 1 rings (SSSR count). The molecule has 0 fully saturated rings. The van der Waals surface area contributed by atoms with Crippen molar-refractivity contribution in [1.29, 1.82) is 0 Å². The molecule has 0 bridgehead atoms. The summed E-state index contributed by atoms with van der Waals surface area (Å²) in [6, 6.07) is 5.52. The van der Waals surface area contributed by atoms with Crippen molar-refractivity contribution in [1.82, 2.24) is 5.32 Å². The highest BCUT2D eigenvalue weighted by Gasteiger charge is 2.28. The fourth-order valence-electron chi connectivity index (χ4n) is 1.60. The zero-order valence-corrected chi connectivity index (χ0v) is 11.0. The van der Waals surface area contributed by atoms with Gasteiger partial charge in [-0.3, -0.25) is 0 Å². The number of aliphatic hydroxyl groups is 2. The maximum Gasteiger partial charge on any atom is 0.422 e. The molecule has 0 aliphatic heterocycles. The van der Waals surface area contributed by atoms with Crippen LogP contribution in [-0.4, -0.2) is 42.7 Å². The predicted octanol–water partition coefficient (Wildman–Crippen LogP) is 1.63. The maximum atomic E-state index is 12.0. The van der Waals surface area contributed by atoms with E-state index in [1.807, 2.05) is 0 Å².